The zero-order valence-corrected chi connectivity index (χ0v) is 9.37. The van der Waals surface area contributed by atoms with E-state index in [1.165, 1.54) is 0 Å². The van der Waals surface area contributed by atoms with Gasteiger partial charge in [-0.15, -0.1) is 0 Å². The van der Waals surface area contributed by atoms with Crippen LogP contribution in [0.2, 0.25) is 15.4 Å². The Bertz CT molecular complexity index is 314. The average molecular weight is 268 g/mol. The van der Waals surface area contributed by atoms with Crippen molar-refractivity contribution in [1.82, 2.24) is 0 Å². The molecule has 64 valence electrons. The monoisotopic (exact) mass is 268 g/mol. The topological polar surface area (TPSA) is 9.23 Å². The third kappa shape index (κ3) is 1.57. The van der Waals surface area contributed by atoms with Crippen molar-refractivity contribution >= 4 is 42.6 Å². The Morgan fingerprint density at radius 1 is 1.33 bits per heavy atom. The van der Waals surface area contributed by atoms with Gasteiger partial charge in [-0.05, 0) is 0 Å². The summed E-state index contributed by atoms with van der Waals surface area (Å²) < 4.78 is 6.58. The molecular weight excluding hydrogens is 262 g/mol. The minimum atomic E-state index is 0.454. The Hall–Kier alpha value is 0.119. The number of benzene rings is 1. The number of fused-ring (bicyclic) bond motifs is 1. The van der Waals surface area contributed by atoms with Crippen LogP contribution < -0.4 is 9.20 Å². The van der Waals surface area contributed by atoms with Gasteiger partial charge in [-0.25, -0.2) is 0 Å². The Balaban J connectivity index is 2.53. The van der Waals surface area contributed by atoms with Gasteiger partial charge in [-0.1, -0.05) is 0 Å². The maximum atomic E-state index is 6.00. The molecular formula is C8H6Cl2OSe. The van der Waals surface area contributed by atoms with E-state index >= 15 is 0 Å². The summed E-state index contributed by atoms with van der Waals surface area (Å²) in [7, 11) is 0. The Morgan fingerprint density at radius 3 is 3.00 bits per heavy atom. The van der Waals surface area contributed by atoms with E-state index in [2.05, 4.69) is 0 Å². The van der Waals surface area contributed by atoms with E-state index in [0.29, 0.717) is 20.0 Å². The van der Waals surface area contributed by atoms with Gasteiger partial charge in [0, 0.05) is 0 Å². The first-order chi connectivity index (χ1) is 5.77. The first-order valence-electron chi connectivity index (χ1n) is 3.52. The van der Waals surface area contributed by atoms with Gasteiger partial charge >= 0.3 is 87.2 Å². The molecule has 2 rings (SSSR count). The summed E-state index contributed by atoms with van der Waals surface area (Å²) in [6.45, 7) is 0.795. The van der Waals surface area contributed by atoms with Crippen LogP contribution in [0.15, 0.2) is 12.1 Å². The SMILES string of the molecule is Clc1cc(Cl)c2c(c1)OCC[Se]2. The minimum absolute atomic E-state index is 0.454. The fourth-order valence-corrected chi connectivity index (χ4v) is 3.57. The molecule has 0 bridgehead atoms. The fraction of sp³-hybridized carbons (Fsp3) is 0.250. The molecule has 0 unspecified atom stereocenters. The van der Waals surface area contributed by atoms with Gasteiger partial charge in [0.05, 0.1) is 0 Å². The standard InChI is InChI=1S/C8H6Cl2OSe/c9-5-3-6(10)8-7(4-5)11-1-2-12-8/h3-4H,1-2H2. The molecule has 0 N–H and O–H groups in total. The molecule has 1 heterocycles. The third-order valence-corrected chi connectivity index (χ3v) is 4.60. The van der Waals surface area contributed by atoms with Gasteiger partial charge in [-0.3, -0.25) is 0 Å². The molecule has 4 heteroatoms. The number of halogens is 2. The molecule has 0 saturated carbocycles. The summed E-state index contributed by atoms with van der Waals surface area (Å²) in [5.74, 6) is 0.874. The molecule has 0 aliphatic carbocycles. The van der Waals surface area contributed by atoms with Crippen LogP contribution in [0.4, 0.5) is 0 Å². The van der Waals surface area contributed by atoms with Crippen molar-refractivity contribution in [2.45, 2.75) is 5.32 Å². The molecule has 1 aliphatic heterocycles. The number of hydrogen-bond acceptors (Lipinski definition) is 1. The van der Waals surface area contributed by atoms with E-state index < -0.39 is 0 Å². The van der Waals surface area contributed by atoms with E-state index in [1.807, 2.05) is 6.07 Å². The van der Waals surface area contributed by atoms with Crippen LogP contribution >= 0.6 is 23.2 Å². The summed E-state index contributed by atoms with van der Waals surface area (Å²) in [6, 6.07) is 3.61. The van der Waals surface area contributed by atoms with Crippen LogP contribution in [0.3, 0.4) is 0 Å². The zero-order chi connectivity index (χ0) is 8.55. The van der Waals surface area contributed by atoms with E-state index in [-0.39, 0.29) is 0 Å². The summed E-state index contributed by atoms with van der Waals surface area (Å²) in [5, 5.41) is 2.50. The van der Waals surface area contributed by atoms with E-state index in [4.69, 9.17) is 27.9 Å². The van der Waals surface area contributed by atoms with E-state index in [9.17, 15) is 0 Å². The van der Waals surface area contributed by atoms with Crippen LogP contribution in [-0.4, -0.2) is 21.6 Å². The van der Waals surface area contributed by atoms with Crippen molar-refractivity contribution < 1.29 is 4.74 Å². The van der Waals surface area contributed by atoms with Crippen molar-refractivity contribution in [3.8, 4) is 5.75 Å². The van der Waals surface area contributed by atoms with Crippen LogP contribution in [0.1, 0.15) is 0 Å². The average Bonchev–Trinajstić information content (AvgIpc) is 2.04. The molecule has 0 fully saturated rings. The quantitative estimate of drug-likeness (QED) is 0.655. The zero-order valence-electron chi connectivity index (χ0n) is 6.14. The fourth-order valence-electron chi connectivity index (χ4n) is 1.08. The molecule has 0 spiro atoms. The molecule has 0 amide bonds. The van der Waals surface area contributed by atoms with Crippen molar-refractivity contribution in [3.05, 3.63) is 22.2 Å². The number of ether oxygens (including phenoxy) is 1. The van der Waals surface area contributed by atoms with Crippen LogP contribution in [0.25, 0.3) is 0 Å². The second kappa shape index (κ2) is 3.47. The Kier molecular flexibility index (Phi) is 2.52. The van der Waals surface area contributed by atoms with E-state index in [1.54, 1.807) is 6.07 Å². The second-order valence-electron chi connectivity index (χ2n) is 2.41. The first-order valence-corrected chi connectivity index (χ1v) is 6.34. The summed E-state index contributed by atoms with van der Waals surface area (Å²) in [6.07, 6.45) is 0. The van der Waals surface area contributed by atoms with Crippen molar-refractivity contribution in [1.29, 1.82) is 0 Å². The molecule has 0 radical (unpaired) electrons. The predicted octanol–water partition coefficient (Wildman–Crippen LogP) is 2.13. The summed E-state index contributed by atoms with van der Waals surface area (Å²) in [4.78, 5) is 0. The van der Waals surface area contributed by atoms with Gasteiger partial charge in [0.25, 0.3) is 0 Å². The molecule has 0 aromatic heterocycles. The molecule has 1 aliphatic rings. The molecule has 1 aromatic carbocycles. The molecule has 0 atom stereocenters. The normalized spacial score (nSPS) is 15.2. The summed E-state index contributed by atoms with van der Waals surface area (Å²) in [5.41, 5.74) is 0. The Labute approximate surface area is 87.2 Å². The van der Waals surface area contributed by atoms with Gasteiger partial charge < -0.3 is 0 Å². The van der Waals surface area contributed by atoms with Gasteiger partial charge in [-0.2, -0.15) is 0 Å². The van der Waals surface area contributed by atoms with Crippen molar-refractivity contribution in [2.75, 3.05) is 6.61 Å². The van der Waals surface area contributed by atoms with Crippen molar-refractivity contribution in [3.63, 3.8) is 0 Å². The number of hydrogen-bond donors (Lipinski definition) is 0. The second-order valence-corrected chi connectivity index (χ2v) is 5.57. The van der Waals surface area contributed by atoms with Gasteiger partial charge in [0.15, 0.2) is 0 Å². The molecule has 12 heavy (non-hydrogen) atoms. The summed E-state index contributed by atoms with van der Waals surface area (Å²) >= 11 is 12.3. The van der Waals surface area contributed by atoms with Crippen molar-refractivity contribution in [2.24, 2.45) is 0 Å². The van der Waals surface area contributed by atoms with Crippen LogP contribution in [-0.2, 0) is 0 Å². The third-order valence-electron chi connectivity index (χ3n) is 1.56. The van der Waals surface area contributed by atoms with Gasteiger partial charge in [0.2, 0.25) is 0 Å². The molecule has 1 aromatic rings. The van der Waals surface area contributed by atoms with Crippen LogP contribution in [0.5, 0.6) is 5.75 Å². The van der Waals surface area contributed by atoms with Gasteiger partial charge in [0.1, 0.15) is 0 Å². The molecule has 0 saturated heterocycles. The number of rotatable bonds is 0. The van der Waals surface area contributed by atoms with Crippen LogP contribution in [0, 0.1) is 0 Å². The van der Waals surface area contributed by atoms with E-state index in [0.717, 1.165) is 27.2 Å². The first kappa shape index (κ1) is 8.71. The Morgan fingerprint density at radius 2 is 2.17 bits per heavy atom. The molecule has 1 nitrogen and oxygen atoms in total. The predicted molar refractivity (Wildman–Crippen MR) is 52.2 cm³/mol. The maximum absolute atomic E-state index is 6.00.